The topological polar surface area (TPSA) is 38.0 Å². The molecule has 0 saturated heterocycles. The molecular formula is C5H16N3+. The SMILES string of the molecule is CC[N+](N)(CC)NC. The summed E-state index contributed by atoms with van der Waals surface area (Å²) in [6, 6.07) is 0. The molecule has 0 heterocycles. The number of nitrogens with zero attached hydrogens (tertiary/aromatic N) is 1. The average Bonchev–Trinajstić information content (AvgIpc) is 1.87. The Labute approximate surface area is 51.0 Å². The van der Waals surface area contributed by atoms with Crippen LogP contribution in [0.15, 0.2) is 0 Å². The van der Waals surface area contributed by atoms with Crippen LogP contribution in [0.1, 0.15) is 13.8 Å². The number of hydrogen-bond acceptors (Lipinski definition) is 2. The molecule has 3 nitrogen and oxygen atoms in total. The van der Waals surface area contributed by atoms with Gasteiger partial charge in [0.15, 0.2) is 0 Å². The monoisotopic (exact) mass is 118 g/mol. The molecule has 0 atom stereocenters. The Morgan fingerprint density at radius 2 is 1.75 bits per heavy atom. The first kappa shape index (κ1) is 7.88. The summed E-state index contributed by atoms with van der Waals surface area (Å²) in [6.07, 6.45) is 0. The highest BCUT2D eigenvalue weighted by Gasteiger charge is 2.12. The Hall–Kier alpha value is -0.120. The third-order valence-corrected chi connectivity index (χ3v) is 1.57. The number of nitrogens with two attached hydrogens (primary N) is 1. The van der Waals surface area contributed by atoms with Crippen molar-refractivity contribution in [1.82, 2.24) is 5.43 Å². The zero-order valence-electron chi connectivity index (χ0n) is 5.94. The third-order valence-electron chi connectivity index (χ3n) is 1.57. The summed E-state index contributed by atoms with van der Waals surface area (Å²) < 4.78 is 0.458. The van der Waals surface area contributed by atoms with Crippen LogP contribution in [0, 0.1) is 0 Å². The molecule has 3 N–H and O–H groups in total. The average molecular weight is 118 g/mol. The lowest BCUT2D eigenvalue weighted by molar-refractivity contribution is -0.976. The highest BCUT2D eigenvalue weighted by Crippen LogP contribution is 1.86. The van der Waals surface area contributed by atoms with Crippen LogP contribution in [-0.4, -0.2) is 24.8 Å². The van der Waals surface area contributed by atoms with E-state index in [9.17, 15) is 0 Å². The van der Waals surface area contributed by atoms with Gasteiger partial charge in [-0.1, -0.05) is 0 Å². The second kappa shape index (κ2) is 3.02. The lowest BCUT2D eigenvalue weighted by Crippen LogP contribution is -2.61. The van der Waals surface area contributed by atoms with Gasteiger partial charge >= 0.3 is 0 Å². The van der Waals surface area contributed by atoms with Crippen LogP contribution < -0.4 is 11.3 Å². The zero-order valence-corrected chi connectivity index (χ0v) is 5.94. The Morgan fingerprint density at radius 3 is 1.75 bits per heavy atom. The van der Waals surface area contributed by atoms with E-state index in [4.69, 9.17) is 5.84 Å². The van der Waals surface area contributed by atoms with E-state index in [-0.39, 0.29) is 0 Å². The standard InChI is InChI=1S/C5H16N3/c1-4-8(6,5-2)7-3/h7H,4-6H2,1-3H3/q+1. The molecule has 0 saturated carbocycles. The van der Waals surface area contributed by atoms with Crippen LogP contribution in [0.5, 0.6) is 0 Å². The van der Waals surface area contributed by atoms with Gasteiger partial charge in [-0.05, 0) is 13.8 Å². The summed E-state index contributed by atoms with van der Waals surface area (Å²) in [5, 5.41) is 0. The van der Waals surface area contributed by atoms with Crippen LogP contribution in [0.4, 0.5) is 0 Å². The normalized spacial score (nSPS) is 12.0. The van der Waals surface area contributed by atoms with Crippen molar-refractivity contribution >= 4 is 0 Å². The van der Waals surface area contributed by atoms with Crippen molar-refractivity contribution in [3.8, 4) is 0 Å². The van der Waals surface area contributed by atoms with Crippen molar-refractivity contribution in [2.45, 2.75) is 13.8 Å². The van der Waals surface area contributed by atoms with Crippen LogP contribution in [-0.2, 0) is 0 Å². The Morgan fingerprint density at radius 1 is 1.38 bits per heavy atom. The van der Waals surface area contributed by atoms with Crippen molar-refractivity contribution in [3.05, 3.63) is 0 Å². The molecule has 0 aromatic rings. The quantitative estimate of drug-likeness (QED) is 0.307. The molecule has 0 unspecified atom stereocenters. The largest absolute Gasteiger partial charge is 0.174 e. The van der Waals surface area contributed by atoms with Crippen molar-refractivity contribution < 1.29 is 4.70 Å². The molecule has 0 radical (unpaired) electrons. The second-order valence-electron chi connectivity index (χ2n) is 1.89. The van der Waals surface area contributed by atoms with Crippen LogP contribution in [0.3, 0.4) is 0 Å². The van der Waals surface area contributed by atoms with Gasteiger partial charge < -0.3 is 0 Å². The van der Waals surface area contributed by atoms with Crippen molar-refractivity contribution in [1.29, 1.82) is 0 Å². The number of quaternary nitrogens is 1. The van der Waals surface area contributed by atoms with Gasteiger partial charge in [0, 0.05) is 7.05 Å². The Kier molecular flexibility index (Phi) is 2.97. The maximum atomic E-state index is 5.72. The Balaban J connectivity index is 3.58. The lowest BCUT2D eigenvalue weighted by Gasteiger charge is -2.27. The van der Waals surface area contributed by atoms with E-state index < -0.39 is 0 Å². The maximum absolute atomic E-state index is 5.72. The first-order valence-corrected chi connectivity index (χ1v) is 3.03. The molecule has 0 aliphatic rings. The minimum atomic E-state index is 0.458. The molecule has 0 aromatic carbocycles. The zero-order chi connectivity index (χ0) is 6.62. The molecule has 0 fully saturated rings. The minimum Gasteiger partial charge on any atom is -0.174 e. The molecule has 0 aliphatic heterocycles. The molecule has 0 rings (SSSR count). The van der Waals surface area contributed by atoms with E-state index >= 15 is 0 Å². The Bertz CT molecular complexity index is 50.4. The van der Waals surface area contributed by atoms with E-state index in [2.05, 4.69) is 19.3 Å². The van der Waals surface area contributed by atoms with E-state index in [0.29, 0.717) is 4.70 Å². The van der Waals surface area contributed by atoms with E-state index in [1.807, 2.05) is 7.05 Å². The van der Waals surface area contributed by atoms with Gasteiger partial charge in [0.2, 0.25) is 0 Å². The van der Waals surface area contributed by atoms with Crippen molar-refractivity contribution in [2.24, 2.45) is 5.84 Å². The molecule has 3 heteroatoms. The fourth-order valence-electron chi connectivity index (χ4n) is 0.540. The summed E-state index contributed by atoms with van der Waals surface area (Å²) in [7, 11) is 1.87. The van der Waals surface area contributed by atoms with Gasteiger partial charge in [-0.25, -0.2) is 0 Å². The van der Waals surface area contributed by atoms with Gasteiger partial charge in [0.25, 0.3) is 0 Å². The van der Waals surface area contributed by atoms with Crippen LogP contribution in [0.2, 0.25) is 0 Å². The maximum Gasteiger partial charge on any atom is 0.112 e. The van der Waals surface area contributed by atoms with Gasteiger partial charge in [-0.2, -0.15) is 16.0 Å². The summed E-state index contributed by atoms with van der Waals surface area (Å²) >= 11 is 0. The first-order chi connectivity index (χ1) is 3.68. The van der Waals surface area contributed by atoms with Crippen LogP contribution in [0.25, 0.3) is 0 Å². The molecule has 0 spiro atoms. The molecule has 0 amide bonds. The highest BCUT2D eigenvalue weighted by molar-refractivity contribution is 4.15. The number of rotatable bonds is 3. The fourth-order valence-corrected chi connectivity index (χ4v) is 0.540. The molecule has 0 aliphatic carbocycles. The molecular weight excluding hydrogens is 102 g/mol. The van der Waals surface area contributed by atoms with Crippen molar-refractivity contribution in [3.63, 3.8) is 0 Å². The minimum absolute atomic E-state index is 0.458. The number of nitrogens with one attached hydrogen (secondary N) is 1. The van der Waals surface area contributed by atoms with E-state index in [0.717, 1.165) is 13.1 Å². The summed E-state index contributed by atoms with van der Waals surface area (Å²) in [6.45, 7) is 5.96. The van der Waals surface area contributed by atoms with Gasteiger partial charge in [0.05, 0.1) is 0 Å². The molecule has 8 heavy (non-hydrogen) atoms. The molecule has 0 bridgehead atoms. The summed E-state index contributed by atoms with van der Waals surface area (Å²) in [5.41, 5.74) is 2.99. The van der Waals surface area contributed by atoms with E-state index in [1.54, 1.807) is 0 Å². The summed E-state index contributed by atoms with van der Waals surface area (Å²) in [5.74, 6) is 5.72. The molecule has 0 aromatic heterocycles. The van der Waals surface area contributed by atoms with Gasteiger partial charge in [0.1, 0.15) is 13.1 Å². The van der Waals surface area contributed by atoms with E-state index in [1.165, 1.54) is 0 Å². The predicted molar refractivity (Wildman–Crippen MR) is 34.6 cm³/mol. The fraction of sp³-hybridized carbons (Fsp3) is 1.00. The number of hydrogen-bond donors (Lipinski definition) is 2. The smallest absolute Gasteiger partial charge is 0.112 e. The van der Waals surface area contributed by atoms with Crippen LogP contribution >= 0.6 is 0 Å². The first-order valence-electron chi connectivity index (χ1n) is 3.03. The summed E-state index contributed by atoms with van der Waals surface area (Å²) in [4.78, 5) is 0. The van der Waals surface area contributed by atoms with Crippen molar-refractivity contribution in [2.75, 3.05) is 20.1 Å². The second-order valence-corrected chi connectivity index (χ2v) is 1.89. The lowest BCUT2D eigenvalue weighted by atomic mass is 10.6. The highest BCUT2D eigenvalue weighted by atomic mass is 15.8. The predicted octanol–water partition coefficient (Wildman–Crippen LogP) is -0.149. The third kappa shape index (κ3) is 1.78. The molecule has 50 valence electrons. The van der Waals surface area contributed by atoms with Gasteiger partial charge in [-0.15, -0.1) is 0 Å². The van der Waals surface area contributed by atoms with Gasteiger partial charge in [-0.3, -0.25) is 0 Å².